The van der Waals surface area contributed by atoms with Crippen LogP contribution in [-0.4, -0.2) is 50.1 Å². The molecule has 0 aliphatic heterocycles. The molecule has 154 valence electrons. The van der Waals surface area contributed by atoms with Gasteiger partial charge in [0.05, 0.1) is 0 Å². The lowest BCUT2D eigenvalue weighted by Gasteiger charge is -2.23. The number of nitrogens with zero attached hydrogens (tertiary/aromatic N) is 2. The van der Waals surface area contributed by atoms with Crippen molar-refractivity contribution in [2.24, 2.45) is 4.99 Å². The zero-order valence-corrected chi connectivity index (χ0v) is 20.2. The fourth-order valence-electron chi connectivity index (χ4n) is 3.77. The van der Waals surface area contributed by atoms with E-state index in [-0.39, 0.29) is 24.0 Å². The monoisotopic (exact) mass is 486 g/mol. The van der Waals surface area contributed by atoms with Gasteiger partial charge in [-0.15, -0.1) is 24.0 Å². The minimum atomic E-state index is 0. The Kier molecular flexibility index (Phi) is 10.7. The molecule has 0 bridgehead atoms. The Morgan fingerprint density at radius 3 is 2.44 bits per heavy atom. The van der Waals surface area contributed by atoms with Gasteiger partial charge in [0, 0.05) is 25.0 Å². The van der Waals surface area contributed by atoms with Crippen molar-refractivity contribution in [3.05, 3.63) is 35.4 Å². The number of hydrogen-bond donors (Lipinski definition) is 2. The van der Waals surface area contributed by atoms with Crippen LogP contribution in [0.1, 0.15) is 57.6 Å². The molecule has 1 aromatic carbocycles. The van der Waals surface area contributed by atoms with Crippen LogP contribution in [0.2, 0.25) is 0 Å². The van der Waals surface area contributed by atoms with Gasteiger partial charge in [-0.1, -0.05) is 38.1 Å². The maximum Gasteiger partial charge on any atom is 0.191 e. The molecule has 0 spiro atoms. The molecule has 1 aliphatic rings. The highest BCUT2D eigenvalue weighted by molar-refractivity contribution is 14.0. The number of aliphatic imine (C=N–C) groups is 1. The molecule has 5 heteroatoms. The third kappa shape index (κ3) is 7.26. The van der Waals surface area contributed by atoms with Crippen LogP contribution in [0, 0.1) is 6.92 Å². The first-order valence-electron chi connectivity index (χ1n) is 10.3. The Bertz CT molecular complexity index is 579. The molecule has 1 atom stereocenters. The average Bonchev–Trinajstić information content (AvgIpc) is 3.43. The Morgan fingerprint density at radius 1 is 1.22 bits per heavy atom. The Hall–Kier alpha value is -0.820. The van der Waals surface area contributed by atoms with Crippen LogP contribution in [0.3, 0.4) is 0 Å². The summed E-state index contributed by atoms with van der Waals surface area (Å²) in [4.78, 5) is 6.92. The van der Waals surface area contributed by atoms with Crippen LogP contribution in [0.25, 0.3) is 0 Å². The Balaban J connectivity index is 0.00000364. The lowest BCUT2D eigenvalue weighted by atomic mass is 9.92. The molecule has 1 unspecified atom stereocenters. The highest BCUT2D eigenvalue weighted by Gasteiger charge is 2.44. The van der Waals surface area contributed by atoms with Crippen molar-refractivity contribution in [2.45, 2.75) is 64.8 Å². The number of hydrogen-bond acceptors (Lipinski definition) is 2. The minimum Gasteiger partial charge on any atom is -0.356 e. The lowest BCUT2D eigenvalue weighted by molar-refractivity contribution is 0.292. The molecule has 0 saturated heterocycles. The zero-order valence-electron chi connectivity index (χ0n) is 17.8. The molecule has 1 aliphatic carbocycles. The summed E-state index contributed by atoms with van der Waals surface area (Å²) < 4.78 is 0. The van der Waals surface area contributed by atoms with Crippen LogP contribution in [-0.2, 0) is 5.41 Å². The van der Waals surface area contributed by atoms with Crippen molar-refractivity contribution in [3.8, 4) is 0 Å². The largest absolute Gasteiger partial charge is 0.356 e. The molecule has 1 aromatic rings. The van der Waals surface area contributed by atoms with E-state index in [4.69, 9.17) is 0 Å². The van der Waals surface area contributed by atoms with E-state index >= 15 is 0 Å². The number of nitrogens with one attached hydrogen (secondary N) is 2. The van der Waals surface area contributed by atoms with Gasteiger partial charge in [0.2, 0.25) is 0 Å². The summed E-state index contributed by atoms with van der Waals surface area (Å²) in [6.45, 7) is 13.4. The minimum absolute atomic E-state index is 0. The standard InChI is InChI=1S/C22H38N4.HI/c1-6-26(7-2)16-10-12-19(4)25-21(23-5)24-17-22(14-15-22)20-13-9-8-11-18(20)3;/h8-9,11,13,19H,6-7,10,12,14-17H2,1-5H3,(H2,23,24,25);1H. The van der Waals surface area contributed by atoms with E-state index in [9.17, 15) is 0 Å². The summed E-state index contributed by atoms with van der Waals surface area (Å²) in [5.74, 6) is 0.931. The van der Waals surface area contributed by atoms with E-state index < -0.39 is 0 Å². The maximum absolute atomic E-state index is 4.43. The zero-order chi connectivity index (χ0) is 19.0. The molecule has 4 nitrogen and oxygen atoms in total. The first kappa shape index (κ1) is 24.2. The first-order valence-corrected chi connectivity index (χ1v) is 10.3. The van der Waals surface area contributed by atoms with Crippen LogP contribution < -0.4 is 10.6 Å². The van der Waals surface area contributed by atoms with E-state index in [1.165, 1.54) is 43.4 Å². The molecule has 0 heterocycles. The SMILES string of the molecule is CCN(CC)CCCC(C)NC(=NC)NCC1(c2ccccc2C)CC1.I. The van der Waals surface area contributed by atoms with Crippen molar-refractivity contribution in [3.63, 3.8) is 0 Å². The second kappa shape index (κ2) is 11.9. The quantitative estimate of drug-likeness (QED) is 0.294. The maximum atomic E-state index is 4.43. The third-order valence-electron chi connectivity index (χ3n) is 5.78. The van der Waals surface area contributed by atoms with Crippen LogP contribution in [0.4, 0.5) is 0 Å². The smallest absolute Gasteiger partial charge is 0.191 e. The van der Waals surface area contributed by atoms with Gasteiger partial charge in [0.1, 0.15) is 0 Å². The highest BCUT2D eigenvalue weighted by Crippen LogP contribution is 2.48. The molecule has 1 fully saturated rings. The van der Waals surface area contributed by atoms with Crippen molar-refractivity contribution >= 4 is 29.9 Å². The number of aryl methyl sites for hydroxylation is 1. The van der Waals surface area contributed by atoms with E-state index in [0.29, 0.717) is 11.5 Å². The number of rotatable bonds is 10. The molecule has 27 heavy (non-hydrogen) atoms. The second-order valence-electron chi connectivity index (χ2n) is 7.74. The lowest BCUT2D eigenvalue weighted by Crippen LogP contribution is -2.45. The van der Waals surface area contributed by atoms with Gasteiger partial charge in [-0.3, -0.25) is 4.99 Å². The van der Waals surface area contributed by atoms with Crippen molar-refractivity contribution in [2.75, 3.05) is 33.2 Å². The predicted octanol–water partition coefficient (Wildman–Crippen LogP) is 4.32. The molecular formula is C22H39IN4. The van der Waals surface area contributed by atoms with Gasteiger partial charge >= 0.3 is 0 Å². The van der Waals surface area contributed by atoms with Crippen molar-refractivity contribution in [1.29, 1.82) is 0 Å². The summed E-state index contributed by atoms with van der Waals surface area (Å²) in [7, 11) is 1.87. The van der Waals surface area contributed by atoms with Gasteiger partial charge in [-0.2, -0.15) is 0 Å². The topological polar surface area (TPSA) is 39.7 Å². The number of halogens is 1. The van der Waals surface area contributed by atoms with E-state index in [1.807, 2.05) is 7.05 Å². The van der Waals surface area contributed by atoms with E-state index in [2.05, 4.69) is 72.5 Å². The van der Waals surface area contributed by atoms with Gasteiger partial charge in [-0.25, -0.2) is 0 Å². The first-order chi connectivity index (χ1) is 12.5. The molecule has 2 rings (SSSR count). The van der Waals surface area contributed by atoms with E-state index in [1.54, 1.807) is 0 Å². The predicted molar refractivity (Wildman–Crippen MR) is 128 cm³/mol. The Morgan fingerprint density at radius 2 is 1.89 bits per heavy atom. The summed E-state index contributed by atoms with van der Waals surface area (Å²) in [6, 6.07) is 9.23. The van der Waals surface area contributed by atoms with Crippen LogP contribution >= 0.6 is 24.0 Å². The molecule has 0 radical (unpaired) electrons. The average molecular weight is 486 g/mol. The number of guanidine groups is 1. The molecular weight excluding hydrogens is 447 g/mol. The summed E-state index contributed by atoms with van der Waals surface area (Å²) in [5, 5.41) is 7.14. The molecule has 2 N–H and O–H groups in total. The van der Waals surface area contributed by atoms with Gasteiger partial charge in [0.25, 0.3) is 0 Å². The molecule has 0 amide bonds. The molecule has 0 aromatic heterocycles. The van der Waals surface area contributed by atoms with Crippen molar-refractivity contribution in [1.82, 2.24) is 15.5 Å². The fourth-order valence-corrected chi connectivity index (χ4v) is 3.77. The molecule has 1 saturated carbocycles. The highest BCUT2D eigenvalue weighted by atomic mass is 127. The third-order valence-corrected chi connectivity index (χ3v) is 5.78. The normalized spacial score (nSPS) is 16.6. The van der Waals surface area contributed by atoms with Gasteiger partial charge in [0.15, 0.2) is 5.96 Å². The summed E-state index contributed by atoms with van der Waals surface area (Å²) in [5.41, 5.74) is 3.20. The Labute approximate surface area is 183 Å². The second-order valence-corrected chi connectivity index (χ2v) is 7.74. The van der Waals surface area contributed by atoms with Crippen LogP contribution in [0.5, 0.6) is 0 Å². The fraction of sp³-hybridized carbons (Fsp3) is 0.682. The van der Waals surface area contributed by atoms with Gasteiger partial charge < -0.3 is 15.5 Å². The van der Waals surface area contributed by atoms with Gasteiger partial charge in [-0.05, 0) is 70.3 Å². The summed E-state index contributed by atoms with van der Waals surface area (Å²) in [6.07, 6.45) is 4.92. The van der Waals surface area contributed by atoms with Crippen molar-refractivity contribution < 1.29 is 0 Å². The van der Waals surface area contributed by atoms with E-state index in [0.717, 1.165) is 25.6 Å². The number of benzene rings is 1. The summed E-state index contributed by atoms with van der Waals surface area (Å²) >= 11 is 0. The van der Waals surface area contributed by atoms with Crippen LogP contribution in [0.15, 0.2) is 29.3 Å².